The molecule has 1 aliphatic rings. The second-order valence-electron chi connectivity index (χ2n) is 6.23. The Morgan fingerprint density at radius 2 is 2.04 bits per heavy atom. The Kier molecular flexibility index (Phi) is 6.06. The van der Waals surface area contributed by atoms with E-state index >= 15 is 0 Å². The lowest BCUT2D eigenvalue weighted by atomic mass is 10.2. The van der Waals surface area contributed by atoms with Gasteiger partial charge in [0.15, 0.2) is 16.6 Å². The SMILES string of the molecule is COc1ccc(CNC(=O)Nc2nc3c(s2)CN(S(C)(=O)=O)CC3)cc1OC. The summed E-state index contributed by atoms with van der Waals surface area (Å²) in [5.74, 6) is 1.21. The Morgan fingerprint density at radius 1 is 1.29 bits per heavy atom. The minimum absolute atomic E-state index is 0.292. The fourth-order valence-electron chi connectivity index (χ4n) is 2.82. The highest BCUT2D eigenvalue weighted by atomic mass is 32.2. The van der Waals surface area contributed by atoms with Crippen molar-refractivity contribution in [3.63, 3.8) is 0 Å². The average molecular weight is 427 g/mol. The number of methoxy groups -OCH3 is 2. The Labute approximate surface area is 167 Å². The number of nitrogens with one attached hydrogen (secondary N) is 2. The lowest BCUT2D eigenvalue weighted by Gasteiger charge is -2.23. The van der Waals surface area contributed by atoms with E-state index in [-0.39, 0.29) is 6.03 Å². The summed E-state index contributed by atoms with van der Waals surface area (Å²) in [5.41, 5.74) is 1.69. The van der Waals surface area contributed by atoms with Crippen LogP contribution >= 0.6 is 11.3 Å². The Balaban J connectivity index is 1.58. The van der Waals surface area contributed by atoms with E-state index in [1.165, 1.54) is 21.9 Å². The highest BCUT2D eigenvalue weighted by Gasteiger charge is 2.26. The average Bonchev–Trinajstić information content (AvgIpc) is 3.06. The third kappa shape index (κ3) is 4.72. The van der Waals surface area contributed by atoms with Crippen molar-refractivity contribution in [1.82, 2.24) is 14.6 Å². The number of amides is 2. The number of rotatable bonds is 6. The topological polar surface area (TPSA) is 110 Å². The Hall–Kier alpha value is -2.37. The van der Waals surface area contributed by atoms with Gasteiger partial charge in [-0.25, -0.2) is 18.2 Å². The molecule has 0 fully saturated rings. The third-order valence-electron chi connectivity index (χ3n) is 4.29. The maximum Gasteiger partial charge on any atom is 0.321 e. The highest BCUT2D eigenvalue weighted by Crippen LogP contribution is 2.29. The van der Waals surface area contributed by atoms with Gasteiger partial charge in [-0.05, 0) is 17.7 Å². The van der Waals surface area contributed by atoms with E-state index in [1.807, 2.05) is 6.07 Å². The molecule has 2 N–H and O–H groups in total. The molecular formula is C17H22N4O5S2. The molecule has 0 saturated heterocycles. The quantitative estimate of drug-likeness (QED) is 0.729. The summed E-state index contributed by atoms with van der Waals surface area (Å²) in [6.45, 7) is 1.00. The number of thiazole rings is 1. The number of carbonyl (C=O) groups excluding carboxylic acids is 1. The van der Waals surface area contributed by atoms with Gasteiger partial charge < -0.3 is 14.8 Å². The van der Waals surface area contributed by atoms with E-state index in [0.29, 0.717) is 42.7 Å². The summed E-state index contributed by atoms with van der Waals surface area (Å²) >= 11 is 1.29. The molecule has 152 valence electrons. The van der Waals surface area contributed by atoms with Crippen LogP contribution in [0.3, 0.4) is 0 Å². The number of aromatic nitrogens is 1. The number of hydrogen-bond donors (Lipinski definition) is 2. The maximum absolute atomic E-state index is 12.2. The summed E-state index contributed by atoms with van der Waals surface area (Å²) in [7, 11) is -0.125. The van der Waals surface area contributed by atoms with Crippen LogP contribution in [0.15, 0.2) is 18.2 Å². The number of anilines is 1. The van der Waals surface area contributed by atoms with Crippen LogP contribution < -0.4 is 20.1 Å². The van der Waals surface area contributed by atoms with Crippen molar-refractivity contribution in [3.8, 4) is 11.5 Å². The number of benzene rings is 1. The standard InChI is InChI=1S/C17H22N4O5S2/c1-25-13-5-4-11(8-14(13)26-2)9-18-16(22)20-17-19-12-6-7-21(28(3,23)24)10-15(12)27-17/h4-5,8H,6-7,9-10H2,1-3H3,(H2,18,19,20,22). The van der Waals surface area contributed by atoms with Crippen molar-refractivity contribution < 1.29 is 22.7 Å². The predicted octanol–water partition coefficient (Wildman–Crippen LogP) is 1.80. The van der Waals surface area contributed by atoms with E-state index in [0.717, 1.165) is 16.1 Å². The molecule has 0 atom stereocenters. The summed E-state index contributed by atoms with van der Waals surface area (Å²) < 4.78 is 35.3. The van der Waals surface area contributed by atoms with Crippen molar-refractivity contribution in [2.45, 2.75) is 19.5 Å². The van der Waals surface area contributed by atoms with Crippen molar-refractivity contribution >= 4 is 32.5 Å². The van der Waals surface area contributed by atoms with E-state index in [2.05, 4.69) is 15.6 Å². The molecule has 2 amide bonds. The molecule has 2 aromatic rings. The van der Waals surface area contributed by atoms with Crippen LogP contribution in [0.2, 0.25) is 0 Å². The maximum atomic E-state index is 12.2. The van der Waals surface area contributed by atoms with E-state index < -0.39 is 10.0 Å². The van der Waals surface area contributed by atoms with E-state index in [1.54, 1.807) is 26.4 Å². The first-order valence-corrected chi connectivity index (χ1v) is 11.2. The molecule has 28 heavy (non-hydrogen) atoms. The molecule has 0 aliphatic carbocycles. The smallest absolute Gasteiger partial charge is 0.321 e. The Bertz CT molecular complexity index is 974. The molecule has 0 unspecified atom stereocenters. The fraction of sp³-hybridized carbons (Fsp3) is 0.412. The van der Waals surface area contributed by atoms with Crippen molar-refractivity contribution in [1.29, 1.82) is 0 Å². The normalized spacial score (nSPS) is 14.2. The van der Waals surface area contributed by atoms with Crippen molar-refractivity contribution in [3.05, 3.63) is 34.3 Å². The zero-order valence-electron chi connectivity index (χ0n) is 15.8. The lowest BCUT2D eigenvalue weighted by Crippen LogP contribution is -2.34. The van der Waals surface area contributed by atoms with Gasteiger partial charge in [-0.1, -0.05) is 17.4 Å². The molecule has 0 radical (unpaired) electrons. The van der Waals surface area contributed by atoms with Gasteiger partial charge in [0.25, 0.3) is 0 Å². The van der Waals surface area contributed by atoms with Gasteiger partial charge in [-0.2, -0.15) is 4.31 Å². The van der Waals surface area contributed by atoms with Crippen LogP contribution in [0.1, 0.15) is 16.1 Å². The van der Waals surface area contributed by atoms with Gasteiger partial charge in [0, 0.05) is 30.9 Å². The molecule has 0 saturated carbocycles. The third-order valence-corrected chi connectivity index (χ3v) is 6.53. The number of sulfonamides is 1. The number of carbonyl (C=O) groups is 1. The first-order valence-electron chi connectivity index (χ1n) is 8.49. The summed E-state index contributed by atoms with van der Waals surface area (Å²) in [6, 6.07) is 5.02. The first-order chi connectivity index (χ1) is 13.3. The number of urea groups is 1. The van der Waals surface area contributed by atoms with Crippen LogP contribution in [0.4, 0.5) is 9.93 Å². The van der Waals surface area contributed by atoms with Crippen LogP contribution in [-0.4, -0.2) is 50.8 Å². The Morgan fingerprint density at radius 3 is 2.71 bits per heavy atom. The van der Waals surface area contributed by atoms with Gasteiger partial charge >= 0.3 is 6.03 Å². The molecule has 0 bridgehead atoms. The number of nitrogens with zero attached hydrogens (tertiary/aromatic N) is 2. The molecule has 0 spiro atoms. The largest absolute Gasteiger partial charge is 0.493 e. The molecule has 1 aromatic carbocycles. The molecular weight excluding hydrogens is 404 g/mol. The van der Waals surface area contributed by atoms with Gasteiger partial charge in [0.05, 0.1) is 26.2 Å². The molecule has 2 heterocycles. The number of ether oxygens (including phenoxy) is 2. The highest BCUT2D eigenvalue weighted by molar-refractivity contribution is 7.88. The zero-order valence-corrected chi connectivity index (χ0v) is 17.4. The van der Waals surface area contributed by atoms with Gasteiger partial charge in [0.2, 0.25) is 10.0 Å². The zero-order chi connectivity index (χ0) is 20.3. The molecule has 3 rings (SSSR count). The monoisotopic (exact) mass is 426 g/mol. The van der Waals surface area contributed by atoms with Crippen LogP contribution in [-0.2, 0) is 29.5 Å². The predicted molar refractivity (Wildman–Crippen MR) is 106 cm³/mol. The minimum atomic E-state index is -3.24. The van der Waals surface area contributed by atoms with Crippen LogP contribution in [0.25, 0.3) is 0 Å². The summed E-state index contributed by atoms with van der Waals surface area (Å²) in [6.07, 6.45) is 1.73. The van der Waals surface area contributed by atoms with Gasteiger partial charge in [0.1, 0.15) is 0 Å². The molecule has 1 aliphatic heterocycles. The van der Waals surface area contributed by atoms with Gasteiger partial charge in [-0.3, -0.25) is 5.32 Å². The van der Waals surface area contributed by atoms with Crippen molar-refractivity contribution in [2.24, 2.45) is 0 Å². The van der Waals surface area contributed by atoms with Crippen LogP contribution in [0, 0.1) is 0 Å². The lowest BCUT2D eigenvalue weighted by molar-refractivity contribution is 0.251. The fourth-order valence-corrected chi connectivity index (χ4v) is 4.71. The van der Waals surface area contributed by atoms with E-state index in [4.69, 9.17) is 9.47 Å². The second-order valence-corrected chi connectivity index (χ2v) is 9.30. The summed E-state index contributed by atoms with van der Waals surface area (Å²) in [4.78, 5) is 17.4. The van der Waals surface area contributed by atoms with Crippen LogP contribution in [0.5, 0.6) is 11.5 Å². The number of fused-ring (bicyclic) bond motifs is 1. The molecule has 11 heteroatoms. The minimum Gasteiger partial charge on any atom is -0.493 e. The second kappa shape index (κ2) is 8.33. The first kappa shape index (κ1) is 20.4. The number of hydrogen-bond acceptors (Lipinski definition) is 7. The van der Waals surface area contributed by atoms with Crippen molar-refractivity contribution in [2.75, 3.05) is 32.3 Å². The van der Waals surface area contributed by atoms with Gasteiger partial charge in [-0.15, -0.1) is 0 Å². The molecule has 1 aromatic heterocycles. The van der Waals surface area contributed by atoms with E-state index in [9.17, 15) is 13.2 Å². The summed E-state index contributed by atoms with van der Waals surface area (Å²) in [5, 5.41) is 5.92. The molecule has 9 nitrogen and oxygen atoms in total.